The van der Waals surface area contributed by atoms with Crippen molar-refractivity contribution >= 4 is 56.5 Å². The van der Waals surface area contributed by atoms with E-state index in [9.17, 15) is 9.59 Å². The zero-order chi connectivity index (χ0) is 21.1. The number of aromatic nitrogens is 2. The number of H-pyrrole nitrogens is 1. The molecule has 148 valence electrons. The first-order valence-corrected chi connectivity index (χ1v) is 10.0. The van der Waals surface area contributed by atoms with E-state index in [0.717, 1.165) is 5.56 Å². The summed E-state index contributed by atoms with van der Waals surface area (Å²) in [6.07, 6.45) is 0.179. The van der Waals surface area contributed by atoms with Crippen molar-refractivity contribution in [3.63, 3.8) is 0 Å². The fraction of sp³-hybridized carbons (Fsp3) is 0.0476. The van der Waals surface area contributed by atoms with Crippen LogP contribution >= 0.6 is 22.9 Å². The molecule has 2 heterocycles. The summed E-state index contributed by atoms with van der Waals surface area (Å²) in [6, 6.07) is 17.4. The highest BCUT2D eigenvalue weighted by molar-refractivity contribution is 7.20. The Morgan fingerprint density at radius 2 is 1.93 bits per heavy atom. The van der Waals surface area contributed by atoms with E-state index >= 15 is 0 Å². The van der Waals surface area contributed by atoms with Crippen LogP contribution in [-0.4, -0.2) is 22.0 Å². The Bertz CT molecular complexity index is 1290. The number of rotatable bonds is 5. The first kappa shape index (κ1) is 19.6. The second-order valence-corrected chi connectivity index (χ2v) is 7.91. The minimum Gasteiger partial charge on any atom is -0.321 e. The molecule has 0 saturated carbocycles. The van der Waals surface area contributed by atoms with Gasteiger partial charge in [-0.25, -0.2) is 0 Å². The van der Waals surface area contributed by atoms with Gasteiger partial charge in [0.05, 0.1) is 28.3 Å². The third-order valence-electron chi connectivity index (χ3n) is 4.27. The fourth-order valence-electron chi connectivity index (χ4n) is 2.85. The second-order valence-electron chi connectivity index (χ2n) is 6.42. The molecule has 0 aliphatic heterocycles. The number of nitrogens with zero attached hydrogens (tertiary/aromatic N) is 2. The predicted molar refractivity (Wildman–Crippen MR) is 117 cm³/mol. The minimum absolute atomic E-state index is 0.179. The summed E-state index contributed by atoms with van der Waals surface area (Å²) in [5.74, 6) is -0.167. The lowest BCUT2D eigenvalue weighted by Gasteiger charge is -2.04. The number of halogens is 1. The summed E-state index contributed by atoms with van der Waals surface area (Å²) < 4.78 is 0. The number of benzene rings is 2. The number of nitriles is 1. The smallest absolute Gasteiger partial charge is 0.265 e. The van der Waals surface area contributed by atoms with Crippen LogP contribution in [0.15, 0.2) is 54.6 Å². The average Bonchev–Trinajstić information content (AvgIpc) is 3.32. The van der Waals surface area contributed by atoms with Gasteiger partial charge in [-0.3, -0.25) is 14.7 Å². The molecule has 9 heteroatoms. The molecule has 2 amide bonds. The number of fused-ring (bicyclic) bond motifs is 1. The van der Waals surface area contributed by atoms with E-state index in [4.69, 9.17) is 16.9 Å². The number of hydrogen-bond donors (Lipinski definition) is 3. The maximum absolute atomic E-state index is 12.6. The number of nitrogens with one attached hydrogen (secondary N) is 3. The van der Waals surface area contributed by atoms with E-state index in [1.54, 1.807) is 54.6 Å². The molecule has 4 rings (SSSR count). The molecule has 0 aliphatic rings. The first-order chi connectivity index (χ1) is 14.5. The van der Waals surface area contributed by atoms with Gasteiger partial charge in [0.1, 0.15) is 4.83 Å². The Kier molecular flexibility index (Phi) is 5.48. The summed E-state index contributed by atoms with van der Waals surface area (Å²) in [7, 11) is 0. The predicted octanol–water partition coefficient (Wildman–Crippen LogP) is 4.58. The van der Waals surface area contributed by atoms with Gasteiger partial charge < -0.3 is 10.6 Å². The van der Waals surface area contributed by atoms with Gasteiger partial charge in [0.15, 0.2) is 5.82 Å². The Labute approximate surface area is 180 Å². The van der Waals surface area contributed by atoms with Gasteiger partial charge in [0, 0.05) is 10.7 Å². The van der Waals surface area contributed by atoms with Crippen molar-refractivity contribution in [3.8, 4) is 6.07 Å². The third-order valence-corrected chi connectivity index (χ3v) is 5.56. The minimum atomic E-state index is -0.307. The zero-order valence-electron chi connectivity index (χ0n) is 15.4. The molecule has 0 aliphatic carbocycles. The van der Waals surface area contributed by atoms with Crippen molar-refractivity contribution in [2.24, 2.45) is 0 Å². The van der Waals surface area contributed by atoms with Gasteiger partial charge in [-0.15, -0.1) is 11.3 Å². The first-order valence-electron chi connectivity index (χ1n) is 8.85. The monoisotopic (exact) mass is 435 g/mol. The molecule has 0 radical (unpaired) electrons. The number of carbonyl (C=O) groups is 2. The topological polar surface area (TPSA) is 111 Å². The Hall–Kier alpha value is -3.67. The molecule has 2 aromatic carbocycles. The van der Waals surface area contributed by atoms with Crippen LogP contribution in [-0.2, 0) is 11.2 Å². The number of amides is 2. The summed E-state index contributed by atoms with van der Waals surface area (Å²) in [5.41, 5.74) is 1.82. The second kappa shape index (κ2) is 8.37. The van der Waals surface area contributed by atoms with Crippen LogP contribution in [0.1, 0.15) is 20.8 Å². The van der Waals surface area contributed by atoms with Crippen molar-refractivity contribution < 1.29 is 9.59 Å². The van der Waals surface area contributed by atoms with E-state index in [1.807, 2.05) is 6.07 Å². The molecule has 4 aromatic rings. The van der Waals surface area contributed by atoms with E-state index in [0.29, 0.717) is 37.2 Å². The van der Waals surface area contributed by atoms with Crippen LogP contribution in [0.4, 0.5) is 11.5 Å². The summed E-state index contributed by atoms with van der Waals surface area (Å²) in [6.45, 7) is 0. The van der Waals surface area contributed by atoms with Gasteiger partial charge in [-0.1, -0.05) is 29.8 Å². The molecule has 0 unspecified atom stereocenters. The van der Waals surface area contributed by atoms with Crippen molar-refractivity contribution in [1.82, 2.24) is 10.2 Å². The molecule has 0 spiro atoms. The highest BCUT2D eigenvalue weighted by Crippen LogP contribution is 2.30. The van der Waals surface area contributed by atoms with Crippen molar-refractivity contribution in [3.05, 3.63) is 75.6 Å². The molecule has 3 N–H and O–H groups in total. The van der Waals surface area contributed by atoms with Crippen LogP contribution in [0.5, 0.6) is 0 Å². The highest BCUT2D eigenvalue weighted by Gasteiger charge is 2.17. The van der Waals surface area contributed by atoms with E-state index < -0.39 is 0 Å². The quantitative estimate of drug-likeness (QED) is 0.426. The Morgan fingerprint density at radius 3 is 2.70 bits per heavy atom. The zero-order valence-corrected chi connectivity index (χ0v) is 17.0. The van der Waals surface area contributed by atoms with Gasteiger partial charge >= 0.3 is 0 Å². The van der Waals surface area contributed by atoms with Crippen LogP contribution in [0, 0.1) is 11.3 Å². The SMILES string of the molecule is N#Cc1cccc(NC(=O)c2cc3c(NC(=O)Cc4ccc(Cl)cc4)n[nH]c3s2)c1. The lowest BCUT2D eigenvalue weighted by atomic mass is 10.1. The van der Waals surface area contributed by atoms with E-state index in [-0.39, 0.29) is 18.2 Å². The molecular formula is C21H14ClN5O2S. The van der Waals surface area contributed by atoms with Crippen LogP contribution in [0.25, 0.3) is 10.2 Å². The number of aromatic amines is 1. The number of carbonyl (C=O) groups excluding carboxylic acids is 2. The Balaban J connectivity index is 1.47. The van der Waals surface area contributed by atoms with Crippen molar-refractivity contribution in [1.29, 1.82) is 5.26 Å². The highest BCUT2D eigenvalue weighted by atomic mass is 35.5. The molecule has 30 heavy (non-hydrogen) atoms. The van der Waals surface area contributed by atoms with Crippen molar-refractivity contribution in [2.75, 3.05) is 10.6 Å². The molecule has 0 fully saturated rings. The van der Waals surface area contributed by atoms with Crippen LogP contribution in [0.2, 0.25) is 5.02 Å². The lowest BCUT2D eigenvalue weighted by Crippen LogP contribution is -2.14. The van der Waals surface area contributed by atoms with Gasteiger partial charge in [-0.2, -0.15) is 10.4 Å². The standard InChI is InChI=1S/C21H14ClN5O2S/c22-14-6-4-12(5-7-14)9-18(28)25-19-16-10-17(30-21(16)27-26-19)20(29)24-15-3-1-2-13(8-15)11-23/h1-8,10H,9H2,(H,24,29)(H2,25,26,27,28). The van der Waals surface area contributed by atoms with Gasteiger partial charge in [-0.05, 0) is 42.0 Å². The van der Waals surface area contributed by atoms with Crippen molar-refractivity contribution in [2.45, 2.75) is 6.42 Å². The summed E-state index contributed by atoms with van der Waals surface area (Å²) >= 11 is 7.09. The third kappa shape index (κ3) is 4.33. The molecule has 7 nitrogen and oxygen atoms in total. The summed E-state index contributed by atoms with van der Waals surface area (Å²) in [5, 5.41) is 22.7. The van der Waals surface area contributed by atoms with E-state index in [2.05, 4.69) is 20.8 Å². The van der Waals surface area contributed by atoms with Crippen LogP contribution < -0.4 is 10.6 Å². The lowest BCUT2D eigenvalue weighted by molar-refractivity contribution is -0.115. The normalized spacial score (nSPS) is 10.5. The molecule has 0 atom stereocenters. The molecule has 2 aromatic heterocycles. The number of anilines is 2. The van der Waals surface area contributed by atoms with Crippen LogP contribution in [0.3, 0.4) is 0 Å². The average molecular weight is 436 g/mol. The molecular weight excluding hydrogens is 422 g/mol. The molecule has 0 saturated heterocycles. The van der Waals surface area contributed by atoms with Gasteiger partial charge in [0.2, 0.25) is 5.91 Å². The number of thiophene rings is 1. The maximum Gasteiger partial charge on any atom is 0.265 e. The fourth-order valence-corrected chi connectivity index (χ4v) is 3.87. The van der Waals surface area contributed by atoms with E-state index in [1.165, 1.54) is 11.3 Å². The molecule has 0 bridgehead atoms. The maximum atomic E-state index is 12.6. The number of hydrogen-bond acceptors (Lipinski definition) is 5. The Morgan fingerprint density at radius 1 is 1.13 bits per heavy atom. The van der Waals surface area contributed by atoms with Gasteiger partial charge in [0.25, 0.3) is 5.91 Å². The largest absolute Gasteiger partial charge is 0.321 e. The summed E-state index contributed by atoms with van der Waals surface area (Å²) in [4.78, 5) is 26.0.